The smallest absolute Gasteiger partial charge is 0.181 e. The minimum atomic E-state index is 0.591. The zero-order chi connectivity index (χ0) is 14.1. The third-order valence-corrected chi connectivity index (χ3v) is 3.63. The molecule has 0 unspecified atom stereocenters. The Kier molecular flexibility index (Phi) is 2.92. The standard InChI is InChI=1S/C15H16N6/c1-2-11(15-18-14(20-21-15)10-4-5-10)8-12(3-1)16-9-13-6-7-17-19-13/h1-3,6-8,10,16H,4-5,9H2,(H,17,19)(H,18,20,21). The maximum Gasteiger partial charge on any atom is 0.181 e. The van der Waals surface area contributed by atoms with Crippen molar-refractivity contribution >= 4 is 5.69 Å². The van der Waals surface area contributed by atoms with Gasteiger partial charge in [-0.2, -0.15) is 10.2 Å². The number of nitrogens with zero attached hydrogens (tertiary/aromatic N) is 3. The molecule has 0 aliphatic heterocycles. The number of nitrogens with one attached hydrogen (secondary N) is 3. The van der Waals surface area contributed by atoms with Gasteiger partial charge in [-0.05, 0) is 31.0 Å². The molecule has 2 heterocycles. The number of aromatic nitrogens is 5. The second kappa shape index (κ2) is 5.05. The molecule has 3 N–H and O–H groups in total. The molecule has 1 aromatic carbocycles. The topological polar surface area (TPSA) is 82.3 Å². The molecule has 6 nitrogen and oxygen atoms in total. The first-order valence-electron chi connectivity index (χ1n) is 7.13. The van der Waals surface area contributed by atoms with Crippen LogP contribution in [0.2, 0.25) is 0 Å². The van der Waals surface area contributed by atoms with Gasteiger partial charge in [0.1, 0.15) is 5.82 Å². The first-order valence-corrected chi connectivity index (χ1v) is 7.13. The maximum atomic E-state index is 4.58. The maximum absolute atomic E-state index is 4.58. The molecule has 4 rings (SSSR count). The second-order valence-corrected chi connectivity index (χ2v) is 5.33. The number of rotatable bonds is 5. The highest BCUT2D eigenvalue weighted by molar-refractivity contribution is 5.62. The summed E-state index contributed by atoms with van der Waals surface area (Å²) in [5.74, 6) is 2.37. The fourth-order valence-corrected chi connectivity index (χ4v) is 2.29. The van der Waals surface area contributed by atoms with Crippen molar-refractivity contribution in [3.8, 4) is 11.4 Å². The first-order chi connectivity index (χ1) is 10.4. The Balaban J connectivity index is 1.51. The molecule has 1 aliphatic carbocycles. The van der Waals surface area contributed by atoms with Crippen LogP contribution in [-0.2, 0) is 6.54 Å². The van der Waals surface area contributed by atoms with Gasteiger partial charge < -0.3 is 5.32 Å². The summed E-state index contributed by atoms with van der Waals surface area (Å²) in [5.41, 5.74) is 3.11. The predicted molar refractivity (Wildman–Crippen MR) is 79.7 cm³/mol. The fourth-order valence-electron chi connectivity index (χ4n) is 2.29. The molecule has 6 heteroatoms. The fraction of sp³-hybridized carbons (Fsp3) is 0.267. The third kappa shape index (κ3) is 2.65. The molecule has 0 bridgehead atoms. The highest BCUT2D eigenvalue weighted by Gasteiger charge is 2.27. The molecule has 1 aliphatic rings. The first kappa shape index (κ1) is 12.1. The molecule has 2 aromatic heterocycles. The Morgan fingerprint density at radius 3 is 2.95 bits per heavy atom. The van der Waals surface area contributed by atoms with Crippen LogP contribution in [0.1, 0.15) is 30.3 Å². The van der Waals surface area contributed by atoms with Crippen LogP contribution in [0.4, 0.5) is 5.69 Å². The third-order valence-electron chi connectivity index (χ3n) is 3.63. The van der Waals surface area contributed by atoms with Gasteiger partial charge in [0.15, 0.2) is 5.82 Å². The van der Waals surface area contributed by atoms with Gasteiger partial charge in [-0.3, -0.25) is 10.2 Å². The van der Waals surface area contributed by atoms with Crippen LogP contribution in [0.15, 0.2) is 36.5 Å². The van der Waals surface area contributed by atoms with E-state index in [2.05, 4.69) is 36.8 Å². The molecule has 106 valence electrons. The lowest BCUT2D eigenvalue weighted by atomic mass is 10.2. The van der Waals surface area contributed by atoms with Crippen LogP contribution in [-0.4, -0.2) is 25.4 Å². The summed E-state index contributed by atoms with van der Waals surface area (Å²) < 4.78 is 0. The Morgan fingerprint density at radius 1 is 1.19 bits per heavy atom. The summed E-state index contributed by atoms with van der Waals surface area (Å²) >= 11 is 0. The Labute approximate surface area is 122 Å². The van der Waals surface area contributed by atoms with Gasteiger partial charge in [-0.15, -0.1) is 0 Å². The van der Waals surface area contributed by atoms with Gasteiger partial charge in [-0.25, -0.2) is 4.98 Å². The molecule has 0 amide bonds. The molecule has 1 saturated carbocycles. The molecule has 0 atom stereocenters. The van der Waals surface area contributed by atoms with Gasteiger partial charge in [0.05, 0.1) is 12.2 Å². The van der Waals surface area contributed by atoms with Gasteiger partial charge in [0.25, 0.3) is 0 Å². The van der Waals surface area contributed by atoms with E-state index in [4.69, 9.17) is 0 Å². The highest BCUT2D eigenvalue weighted by atomic mass is 15.2. The van der Waals surface area contributed by atoms with Gasteiger partial charge >= 0.3 is 0 Å². The summed E-state index contributed by atoms with van der Waals surface area (Å²) in [6, 6.07) is 10.1. The van der Waals surface area contributed by atoms with E-state index >= 15 is 0 Å². The summed E-state index contributed by atoms with van der Waals surface area (Å²) in [5, 5.41) is 17.6. The van der Waals surface area contributed by atoms with Crippen LogP contribution in [0.5, 0.6) is 0 Å². The number of benzene rings is 1. The normalized spacial score (nSPS) is 14.3. The van der Waals surface area contributed by atoms with E-state index in [-0.39, 0.29) is 0 Å². The van der Waals surface area contributed by atoms with E-state index in [1.165, 1.54) is 12.8 Å². The average Bonchev–Trinajstić information content (AvgIpc) is 3.05. The van der Waals surface area contributed by atoms with Crippen LogP contribution >= 0.6 is 0 Å². The minimum absolute atomic E-state index is 0.591. The van der Waals surface area contributed by atoms with E-state index in [1.807, 2.05) is 24.3 Å². The lowest BCUT2D eigenvalue weighted by Gasteiger charge is -2.05. The number of H-pyrrole nitrogens is 2. The summed E-state index contributed by atoms with van der Waals surface area (Å²) in [7, 11) is 0. The Bertz CT molecular complexity index is 726. The van der Waals surface area contributed by atoms with Crippen molar-refractivity contribution in [2.45, 2.75) is 25.3 Å². The molecule has 1 fully saturated rings. The Hall–Kier alpha value is -2.63. The van der Waals surface area contributed by atoms with Crippen molar-refractivity contribution in [3.05, 3.63) is 48.0 Å². The lowest BCUT2D eigenvalue weighted by molar-refractivity contribution is 0.935. The zero-order valence-electron chi connectivity index (χ0n) is 11.5. The van der Waals surface area contributed by atoms with E-state index in [1.54, 1.807) is 6.20 Å². The predicted octanol–water partition coefficient (Wildman–Crippen LogP) is 2.68. The number of hydrogen-bond acceptors (Lipinski definition) is 4. The summed E-state index contributed by atoms with van der Waals surface area (Å²) in [6.07, 6.45) is 4.20. The van der Waals surface area contributed by atoms with Crippen LogP contribution in [0.3, 0.4) is 0 Å². The van der Waals surface area contributed by atoms with E-state index in [9.17, 15) is 0 Å². The van der Waals surface area contributed by atoms with Crippen LogP contribution in [0.25, 0.3) is 11.4 Å². The number of hydrogen-bond donors (Lipinski definition) is 3. The summed E-state index contributed by atoms with van der Waals surface area (Å²) in [6.45, 7) is 0.713. The van der Waals surface area contributed by atoms with Crippen molar-refractivity contribution in [1.29, 1.82) is 0 Å². The van der Waals surface area contributed by atoms with Crippen LogP contribution < -0.4 is 5.32 Å². The van der Waals surface area contributed by atoms with Crippen LogP contribution in [0, 0.1) is 0 Å². The lowest BCUT2D eigenvalue weighted by Crippen LogP contribution is -1.99. The van der Waals surface area contributed by atoms with Crippen molar-refractivity contribution in [3.63, 3.8) is 0 Å². The van der Waals surface area contributed by atoms with Gasteiger partial charge in [-0.1, -0.05) is 12.1 Å². The molecule has 3 aromatic rings. The van der Waals surface area contributed by atoms with Gasteiger partial charge in [0, 0.05) is 23.4 Å². The molecule has 0 radical (unpaired) electrons. The van der Waals surface area contributed by atoms with Crippen molar-refractivity contribution in [2.24, 2.45) is 0 Å². The largest absolute Gasteiger partial charge is 0.379 e. The quantitative estimate of drug-likeness (QED) is 0.671. The average molecular weight is 280 g/mol. The zero-order valence-corrected chi connectivity index (χ0v) is 11.5. The molecule has 0 saturated heterocycles. The van der Waals surface area contributed by atoms with Crippen molar-refractivity contribution in [1.82, 2.24) is 25.4 Å². The van der Waals surface area contributed by atoms with E-state index in [0.29, 0.717) is 12.5 Å². The van der Waals surface area contributed by atoms with Crippen molar-refractivity contribution < 1.29 is 0 Å². The SMILES string of the molecule is c1cc(NCc2ccn[nH]2)cc(-c2n[nH]c(C3CC3)n2)c1. The molecule has 21 heavy (non-hydrogen) atoms. The monoisotopic (exact) mass is 280 g/mol. The van der Waals surface area contributed by atoms with Gasteiger partial charge in [0.2, 0.25) is 0 Å². The molecular weight excluding hydrogens is 264 g/mol. The Morgan fingerprint density at radius 2 is 2.14 bits per heavy atom. The van der Waals surface area contributed by atoms with E-state index < -0.39 is 0 Å². The molecular formula is C15H16N6. The van der Waals surface area contributed by atoms with Crippen molar-refractivity contribution in [2.75, 3.05) is 5.32 Å². The number of anilines is 1. The second-order valence-electron chi connectivity index (χ2n) is 5.33. The minimum Gasteiger partial charge on any atom is -0.379 e. The van der Waals surface area contributed by atoms with E-state index in [0.717, 1.165) is 28.6 Å². The number of aromatic amines is 2. The highest BCUT2D eigenvalue weighted by Crippen LogP contribution is 2.38. The summed E-state index contributed by atoms with van der Waals surface area (Å²) in [4.78, 5) is 4.58. The molecule has 0 spiro atoms.